The van der Waals surface area contributed by atoms with Gasteiger partial charge in [-0.3, -0.25) is 18.5 Å². The van der Waals surface area contributed by atoms with Gasteiger partial charge in [-0.1, -0.05) is 30.2 Å². The van der Waals surface area contributed by atoms with Crippen LogP contribution < -0.4 is 26.9 Å². The summed E-state index contributed by atoms with van der Waals surface area (Å²) in [5, 5.41) is 22.5. The number of carbonyl (C=O) groups is 1. The van der Waals surface area contributed by atoms with Crippen LogP contribution in [0.25, 0.3) is 11.2 Å². The molecule has 3 heterocycles. The molecule has 1 saturated heterocycles. The predicted octanol–water partition coefficient (Wildman–Crippen LogP) is 0.142. The number of imidazole rings is 1. The number of hydrogen-bond donors (Lipinski definition) is 3. The van der Waals surface area contributed by atoms with E-state index in [1.807, 2.05) is 4.90 Å². The maximum atomic E-state index is 13.8. The number of amides is 1. The van der Waals surface area contributed by atoms with E-state index in [0.717, 1.165) is 17.4 Å². The van der Waals surface area contributed by atoms with Gasteiger partial charge in [0.2, 0.25) is 5.95 Å². The minimum Gasteiger partial charge on any atom is -0.444 e. The Morgan fingerprint density at radius 2 is 1.95 bits per heavy atom. The second-order valence-corrected chi connectivity index (χ2v) is 10.8. The van der Waals surface area contributed by atoms with Crippen molar-refractivity contribution in [3.8, 4) is 11.8 Å². The molecule has 2 aromatic heterocycles. The SMILES string of the molecule is CC#CCn1c(N2CCC[C@@H](NC(=O)OC(C)(C)C)C2)nc2c1c(=O)n(Cc1ccccc1B(O)O)c(=O)n2C. The van der Waals surface area contributed by atoms with Crippen molar-refractivity contribution in [2.24, 2.45) is 7.05 Å². The summed E-state index contributed by atoms with van der Waals surface area (Å²) in [4.78, 5) is 46.3. The number of benzene rings is 1. The Labute approximate surface area is 232 Å². The van der Waals surface area contributed by atoms with E-state index in [2.05, 4.69) is 17.2 Å². The standard InChI is InChI=1S/C27H35BN6O6/c1-6-7-15-33-21-22(30-24(33)32-14-10-12-19(17-32)29-25(36)40-27(2,3)4)31(5)26(37)34(23(21)35)16-18-11-8-9-13-20(18)28(38)39/h8-9,11,13,19,38-39H,10,12,14-17H2,1-5H3,(H,29,36)/t19-/m1/s1. The highest BCUT2D eigenvalue weighted by Crippen LogP contribution is 2.23. The van der Waals surface area contributed by atoms with Crippen LogP contribution in [0.15, 0.2) is 33.9 Å². The third-order valence-corrected chi connectivity index (χ3v) is 6.71. The van der Waals surface area contributed by atoms with Crippen LogP contribution in [0.4, 0.5) is 10.7 Å². The first kappa shape index (κ1) is 29.0. The summed E-state index contributed by atoms with van der Waals surface area (Å²) in [5.41, 5.74) is -0.688. The second-order valence-electron chi connectivity index (χ2n) is 10.8. The van der Waals surface area contributed by atoms with Gasteiger partial charge in [0.05, 0.1) is 13.1 Å². The minimum absolute atomic E-state index is 0.152. The van der Waals surface area contributed by atoms with E-state index in [0.29, 0.717) is 24.6 Å². The molecule has 1 atom stereocenters. The highest BCUT2D eigenvalue weighted by atomic mass is 16.6. The zero-order valence-corrected chi connectivity index (χ0v) is 23.5. The highest BCUT2D eigenvalue weighted by Gasteiger charge is 2.29. The monoisotopic (exact) mass is 550 g/mol. The molecular formula is C27H35BN6O6. The van der Waals surface area contributed by atoms with Crippen LogP contribution in [-0.2, 0) is 24.9 Å². The lowest BCUT2D eigenvalue weighted by atomic mass is 9.77. The summed E-state index contributed by atoms with van der Waals surface area (Å²) in [6.45, 7) is 8.20. The molecule has 0 spiro atoms. The molecule has 1 fully saturated rings. The number of ether oxygens (including phenoxy) is 1. The number of rotatable bonds is 6. The first-order valence-electron chi connectivity index (χ1n) is 13.2. The number of aryl methyl sites for hydroxylation is 1. The lowest BCUT2D eigenvalue weighted by molar-refractivity contribution is 0.0499. The Morgan fingerprint density at radius 1 is 1.23 bits per heavy atom. The lowest BCUT2D eigenvalue weighted by Gasteiger charge is -2.34. The van der Waals surface area contributed by atoms with E-state index in [-0.39, 0.29) is 35.8 Å². The van der Waals surface area contributed by atoms with Crippen molar-refractivity contribution in [1.29, 1.82) is 0 Å². The van der Waals surface area contributed by atoms with Gasteiger partial charge in [-0.2, -0.15) is 4.98 Å². The Morgan fingerprint density at radius 3 is 2.62 bits per heavy atom. The van der Waals surface area contributed by atoms with E-state index < -0.39 is 30.1 Å². The number of piperidine rings is 1. The smallest absolute Gasteiger partial charge is 0.444 e. The number of aromatic nitrogens is 4. The van der Waals surface area contributed by atoms with E-state index in [4.69, 9.17) is 9.72 Å². The van der Waals surface area contributed by atoms with Gasteiger partial charge in [0, 0.05) is 26.2 Å². The van der Waals surface area contributed by atoms with Crippen LogP contribution in [0.3, 0.4) is 0 Å². The van der Waals surface area contributed by atoms with Gasteiger partial charge in [-0.05, 0) is 51.6 Å². The fourth-order valence-electron chi connectivity index (χ4n) is 4.90. The van der Waals surface area contributed by atoms with Gasteiger partial charge in [0.1, 0.15) is 5.60 Å². The van der Waals surface area contributed by atoms with Crippen LogP contribution in [0.2, 0.25) is 0 Å². The number of anilines is 1. The first-order valence-corrected chi connectivity index (χ1v) is 13.2. The Balaban J connectivity index is 1.77. The molecule has 3 N–H and O–H groups in total. The molecule has 0 radical (unpaired) electrons. The Bertz CT molecular complexity index is 1590. The molecule has 0 aliphatic carbocycles. The van der Waals surface area contributed by atoms with E-state index in [9.17, 15) is 24.4 Å². The molecule has 0 saturated carbocycles. The number of carbonyl (C=O) groups excluding carboxylic acids is 1. The van der Waals surface area contributed by atoms with Crippen molar-refractivity contribution in [3.05, 3.63) is 50.7 Å². The van der Waals surface area contributed by atoms with Crippen molar-refractivity contribution in [1.82, 2.24) is 24.0 Å². The predicted molar refractivity (Wildman–Crippen MR) is 153 cm³/mol. The third-order valence-electron chi connectivity index (χ3n) is 6.71. The van der Waals surface area contributed by atoms with Crippen LogP contribution in [0.5, 0.6) is 0 Å². The molecule has 12 nitrogen and oxygen atoms in total. The minimum atomic E-state index is -1.75. The summed E-state index contributed by atoms with van der Waals surface area (Å²) in [6.07, 6.45) is 1.03. The summed E-state index contributed by atoms with van der Waals surface area (Å²) in [5.74, 6) is 6.33. The van der Waals surface area contributed by atoms with Gasteiger partial charge in [0.25, 0.3) is 5.56 Å². The van der Waals surface area contributed by atoms with Crippen LogP contribution in [0, 0.1) is 11.8 Å². The molecule has 1 amide bonds. The van der Waals surface area contributed by atoms with Gasteiger partial charge < -0.3 is 25.0 Å². The molecule has 212 valence electrons. The maximum Gasteiger partial charge on any atom is 0.488 e. The molecule has 0 unspecified atom stereocenters. The van der Waals surface area contributed by atoms with Gasteiger partial charge in [-0.15, -0.1) is 5.92 Å². The number of fused-ring (bicyclic) bond motifs is 1. The largest absolute Gasteiger partial charge is 0.488 e. The molecule has 0 bridgehead atoms. The summed E-state index contributed by atoms with van der Waals surface area (Å²) in [7, 11) is -0.207. The molecule has 4 rings (SSSR count). The normalized spacial score (nSPS) is 15.5. The molecule has 40 heavy (non-hydrogen) atoms. The summed E-state index contributed by atoms with van der Waals surface area (Å²) in [6, 6.07) is 6.33. The maximum absolute atomic E-state index is 13.8. The van der Waals surface area contributed by atoms with E-state index in [1.165, 1.54) is 10.6 Å². The zero-order valence-electron chi connectivity index (χ0n) is 23.5. The first-order chi connectivity index (χ1) is 18.9. The Hall–Kier alpha value is -4.02. The van der Waals surface area contributed by atoms with Crippen molar-refractivity contribution in [2.75, 3.05) is 18.0 Å². The Kier molecular flexibility index (Phi) is 8.41. The molecule has 1 aliphatic rings. The quantitative estimate of drug-likeness (QED) is 0.291. The lowest BCUT2D eigenvalue weighted by Crippen LogP contribution is -2.49. The second kappa shape index (κ2) is 11.6. The van der Waals surface area contributed by atoms with Crippen LogP contribution >= 0.6 is 0 Å². The number of nitrogens with one attached hydrogen (secondary N) is 1. The van der Waals surface area contributed by atoms with Crippen LogP contribution in [-0.4, -0.2) is 66.7 Å². The number of hydrogen-bond acceptors (Lipinski definition) is 8. The van der Waals surface area contributed by atoms with Crippen molar-refractivity contribution < 1.29 is 19.6 Å². The number of alkyl carbamates (subject to hydrolysis) is 1. The van der Waals surface area contributed by atoms with Gasteiger partial charge >= 0.3 is 18.9 Å². The highest BCUT2D eigenvalue weighted by molar-refractivity contribution is 6.59. The van der Waals surface area contributed by atoms with Gasteiger partial charge in [0.15, 0.2) is 11.2 Å². The topological polar surface area (TPSA) is 144 Å². The van der Waals surface area contributed by atoms with E-state index >= 15 is 0 Å². The van der Waals surface area contributed by atoms with E-state index in [1.54, 1.807) is 57.5 Å². The van der Waals surface area contributed by atoms with Crippen molar-refractivity contribution in [3.63, 3.8) is 0 Å². The summed E-state index contributed by atoms with van der Waals surface area (Å²) < 4.78 is 9.49. The zero-order chi connectivity index (χ0) is 29.2. The number of nitrogens with zero attached hydrogens (tertiary/aromatic N) is 5. The molecular weight excluding hydrogens is 515 g/mol. The molecule has 13 heteroatoms. The summed E-state index contributed by atoms with van der Waals surface area (Å²) >= 11 is 0. The molecule has 1 aromatic carbocycles. The molecule has 1 aliphatic heterocycles. The molecule has 3 aromatic rings. The van der Waals surface area contributed by atoms with Crippen LogP contribution in [0.1, 0.15) is 46.1 Å². The van der Waals surface area contributed by atoms with Crippen molar-refractivity contribution in [2.45, 2.75) is 65.3 Å². The third kappa shape index (κ3) is 6.08. The van der Waals surface area contributed by atoms with Gasteiger partial charge in [-0.25, -0.2) is 9.59 Å². The fourth-order valence-corrected chi connectivity index (χ4v) is 4.90. The fraction of sp³-hybridized carbons (Fsp3) is 0.481. The van der Waals surface area contributed by atoms with Crippen molar-refractivity contribution >= 4 is 35.8 Å². The average Bonchev–Trinajstić information content (AvgIpc) is 3.27. The average molecular weight is 550 g/mol.